The lowest BCUT2D eigenvalue weighted by molar-refractivity contribution is -0.132. The predicted molar refractivity (Wildman–Crippen MR) is 228 cm³/mol. The van der Waals surface area contributed by atoms with E-state index < -0.39 is 36.9 Å². The number of aliphatic hydroxyl groups is 4. The molecule has 0 heterocycles. The Morgan fingerprint density at radius 3 is 1.25 bits per heavy atom. The molecule has 6 nitrogen and oxygen atoms in total. The molecule has 0 saturated heterocycles. The summed E-state index contributed by atoms with van der Waals surface area (Å²) in [5.74, 6) is -0.599. The number of aliphatic hydroxyl groups excluding tert-OH is 4. The summed E-state index contributed by atoms with van der Waals surface area (Å²) in [6, 6.07) is -1.00. The Labute approximate surface area is 328 Å². The summed E-state index contributed by atoms with van der Waals surface area (Å²) in [6.07, 6.45) is 49.0. The van der Waals surface area contributed by atoms with Crippen LogP contribution >= 0.6 is 0 Å². The van der Waals surface area contributed by atoms with E-state index >= 15 is 0 Å². The van der Waals surface area contributed by atoms with Crippen LogP contribution in [0.3, 0.4) is 0 Å². The lowest BCUT2D eigenvalue weighted by Crippen LogP contribution is -2.53. The quantitative estimate of drug-likeness (QED) is 0.0316. The zero-order chi connectivity index (χ0) is 38.9. The second kappa shape index (κ2) is 41.7. The van der Waals surface area contributed by atoms with Gasteiger partial charge in [-0.05, 0) is 70.6 Å². The standard InChI is InChI=1S/C47H89NO5/c1-3-5-7-9-11-13-15-17-18-19-20-21-22-23-24-25-26-27-29-31-33-35-37-39-41-45(51)47(53)48-43(42-49)46(52)44(50)40-38-36-34-32-30-28-16-14-12-10-8-6-4-2/h20-21,23-24,32,34,43-46,49-52H,3-19,22,25-31,33,35-42H2,1-2H3,(H,48,53)/b21-20-,24-23-,34-32+. The summed E-state index contributed by atoms with van der Waals surface area (Å²) in [5, 5.41) is 43.6. The van der Waals surface area contributed by atoms with Gasteiger partial charge in [0.25, 0.3) is 0 Å². The minimum atomic E-state index is -1.28. The number of carbonyl (C=O) groups is 1. The zero-order valence-corrected chi connectivity index (χ0v) is 35.0. The van der Waals surface area contributed by atoms with Crippen molar-refractivity contribution in [3.8, 4) is 0 Å². The van der Waals surface area contributed by atoms with Crippen molar-refractivity contribution < 1.29 is 25.2 Å². The summed E-state index contributed by atoms with van der Waals surface area (Å²) < 4.78 is 0. The van der Waals surface area contributed by atoms with E-state index in [0.717, 1.165) is 51.4 Å². The molecule has 53 heavy (non-hydrogen) atoms. The molecular formula is C47H89NO5. The van der Waals surface area contributed by atoms with Gasteiger partial charge in [0.15, 0.2) is 0 Å². The molecule has 0 fully saturated rings. The molecule has 0 aliphatic heterocycles. The second-order valence-electron chi connectivity index (χ2n) is 15.7. The van der Waals surface area contributed by atoms with Gasteiger partial charge in [0.1, 0.15) is 12.2 Å². The highest BCUT2D eigenvalue weighted by atomic mass is 16.3. The molecule has 1 amide bonds. The van der Waals surface area contributed by atoms with Crippen molar-refractivity contribution in [2.24, 2.45) is 0 Å². The second-order valence-corrected chi connectivity index (χ2v) is 15.7. The third-order valence-corrected chi connectivity index (χ3v) is 10.6. The van der Waals surface area contributed by atoms with Crippen molar-refractivity contribution >= 4 is 5.91 Å². The Hall–Kier alpha value is -1.47. The smallest absolute Gasteiger partial charge is 0.249 e. The molecule has 0 bridgehead atoms. The third-order valence-electron chi connectivity index (χ3n) is 10.6. The van der Waals surface area contributed by atoms with Crippen LogP contribution in [0, 0.1) is 0 Å². The molecule has 0 rings (SSSR count). The van der Waals surface area contributed by atoms with Crippen LogP contribution in [0.15, 0.2) is 36.5 Å². The first-order chi connectivity index (χ1) is 26.0. The first-order valence-corrected chi connectivity index (χ1v) is 22.9. The summed E-state index contributed by atoms with van der Waals surface area (Å²) >= 11 is 0. The third kappa shape index (κ3) is 36.0. The minimum absolute atomic E-state index is 0.356. The number of hydrogen-bond donors (Lipinski definition) is 5. The van der Waals surface area contributed by atoms with Gasteiger partial charge in [-0.1, -0.05) is 192 Å². The van der Waals surface area contributed by atoms with Crippen molar-refractivity contribution in [1.29, 1.82) is 0 Å². The van der Waals surface area contributed by atoms with Gasteiger partial charge in [0.05, 0.1) is 18.8 Å². The van der Waals surface area contributed by atoms with Crippen molar-refractivity contribution in [2.45, 2.75) is 250 Å². The zero-order valence-electron chi connectivity index (χ0n) is 35.0. The monoisotopic (exact) mass is 748 g/mol. The van der Waals surface area contributed by atoms with Crippen LogP contribution in [0.25, 0.3) is 0 Å². The van der Waals surface area contributed by atoms with E-state index in [4.69, 9.17) is 0 Å². The average Bonchev–Trinajstić information content (AvgIpc) is 3.16. The lowest BCUT2D eigenvalue weighted by Gasteiger charge is -2.27. The predicted octanol–water partition coefficient (Wildman–Crippen LogP) is 12.1. The highest BCUT2D eigenvalue weighted by molar-refractivity contribution is 5.80. The van der Waals surface area contributed by atoms with Crippen LogP contribution in [-0.4, -0.2) is 57.3 Å². The molecule has 0 saturated carbocycles. The van der Waals surface area contributed by atoms with Gasteiger partial charge < -0.3 is 25.7 Å². The molecule has 312 valence electrons. The van der Waals surface area contributed by atoms with E-state index in [1.807, 2.05) is 0 Å². The Kier molecular flexibility index (Phi) is 40.5. The van der Waals surface area contributed by atoms with Crippen molar-refractivity contribution in [1.82, 2.24) is 5.32 Å². The van der Waals surface area contributed by atoms with Gasteiger partial charge >= 0.3 is 0 Å². The Morgan fingerprint density at radius 1 is 0.472 bits per heavy atom. The van der Waals surface area contributed by atoms with Crippen LogP contribution in [0.2, 0.25) is 0 Å². The van der Waals surface area contributed by atoms with Crippen molar-refractivity contribution in [2.75, 3.05) is 6.61 Å². The fraction of sp³-hybridized carbons (Fsp3) is 0.851. The maximum atomic E-state index is 12.5. The fourth-order valence-corrected chi connectivity index (χ4v) is 6.90. The summed E-state index contributed by atoms with van der Waals surface area (Å²) in [4.78, 5) is 12.5. The van der Waals surface area contributed by atoms with Crippen molar-refractivity contribution in [3.63, 3.8) is 0 Å². The van der Waals surface area contributed by atoms with Gasteiger partial charge in [-0.15, -0.1) is 0 Å². The molecule has 0 spiro atoms. The average molecular weight is 748 g/mol. The van der Waals surface area contributed by atoms with Crippen LogP contribution < -0.4 is 5.32 Å². The van der Waals surface area contributed by atoms with E-state index in [1.165, 1.54) is 148 Å². The van der Waals surface area contributed by atoms with Crippen molar-refractivity contribution in [3.05, 3.63) is 36.5 Å². The molecule has 0 radical (unpaired) electrons. The topological polar surface area (TPSA) is 110 Å². The molecule has 4 unspecified atom stereocenters. The van der Waals surface area contributed by atoms with E-state index in [-0.39, 0.29) is 0 Å². The Morgan fingerprint density at radius 2 is 0.830 bits per heavy atom. The van der Waals surface area contributed by atoms with E-state index in [9.17, 15) is 25.2 Å². The molecule has 6 heteroatoms. The van der Waals surface area contributed by atoms with Gasteiger partial charge in [0.2, 0.25) is 5.91 Å². The van der Waals surface area contributed by atoms with E-state index in [0.29, 0.717) is 12.8 Å². The Balaban J connectivity index is 3.74. The van der Waals surface area contributed by atoms with Crippen LogP contribution in [0.5, 0.6) is 0 Å². The Bertz CT molecular complexity index is 843. The summed E-state index contributed by atoms with van der Waals surface area (Å²) in [6.45, 7) is 4.03. The SMILES string of the molecule is CCCCCCCCCC/C=C/CCCC(O)C(O)C(CO)NC(=O)C(O)CCCCCCCCCC/C=C\C/C=C\CCCCCCCCCCC. The highest BCUT2D eigenvalue weighted by Gasteiger charge is 2.28. The number of allylic oxidation sites excluding steroid dienone is 6. The van der Waals surface area contributed by atoms with E-state index in [2.05, 4.69) is 55.6 Å². The largest absolute Gasteiger partial charge is 0.394 e. The van der Waals surface area contributed by atoms with Gasteiger partial charge in [-0.25, -0.2) is 0 Å². The summed E-state index contributed by atoms with van der Waals surface area (Å²) in [7, 11) is 0. The van der Waals surface area contributed by atoms with Crippen LogP contribution in [-0.2, 0) is 4.79 Å². The fourth-order valence-electron chi connectivity index (χ4n) is 6.90. The first kappa shape index (κ1) is 51.5. The molecule has 0 aliphatic rings. The molecule has 0 aromatic carbocycles. The number of rotatable bonds is 41. The van der Waals surface area contributed by atoms with Gasteiger partial charge in [-0.3, -0.25) is 4.79 Å². The molecule has 4 atom stereocenters. The van der Waals surface area contributed by atoms with Gasteiger partial charge in [0, 0.05) is 0 Å². The maximum absolute atomic E-state index is 12.5. The first-order valence-electron chi connectivity index (χ1n) is 22.9. The molecule has 0 aromatic heterocycles. The maximum Gasteiger partial charge on any atom is 0.249 e. The van der Waals surface area contributed by atoms with Crippen LogP contribution in [0.1, 0.15) is 226 Å². The lowest BCUT2D eigenvalue weighted by atomic mass is 10.00. The number of nitrogens with one attached hydrogen (secondary N) is 1. The number of amides is 1. The minimum Gasteiger partial charge on any atom is -0.394 e. The number of unbranched alkanes of at least 4 members (excludes halogenated alkanes) is 26. The molecule has 0 aliphatic carbocycles. The normalized spacial score (nSPS) is 14.5. The van der Waals surface area contributed by atoms with Crippen LogP contribution in [0.4, 0.5) is 0 Å². The van der Waals surface area contributed by atoms with E-state index in [1.54, 1.807) is 0 Å². The molecule has 0 aromatic rings. The molecule has 5 N–H and O–H groups in total. The summed E-state index contributed by atoms with van der Waals surface area (Å²) in [5.41, 5.74) is 0. The van der Waals surface area contributed by atoms with Gasteiger partial charge in [-0.2, -0.15) is 0 Å². The highest BCUT2D eigenvalue weighted by Crippen LogP contribution is 2.15. The number of hydrogen-bond acceptors (Lipinski definition) is 5. The number of carbonyl (C=O) groups excluding carboxylic acids is 1. The molecular weight excluding hydrogens is 659 g/mol.